The van der Waals surface area contributed by atoms with Crippen molar-refractivity contribution in [2.24, 2.45) is 0 Å². The van der Waals surface area contributed by atoms with Crippen LogP contribution in [0.1, 0.15) is 22.1 Å². The second kappa shape index (κ2) is 7.24. The SMILES string of the molecule is CNC(=O)C(NC(=O)c1csc(SC)n1)c1ccccc1. The second-order valence-corrected chi connectivity index (χ2v) is 6.05. The Morgan fingerprint density at radius 2 is 2.00 bits per heavy atom. The van der Waals surface area contributed by atoms with Gasteiger partial charge in [-0.1, -0.05) is 42.1 Å². The Morgan fingerprint density at radius 1 is 1.29 bits per heavy atom. The van der Waals surface area contributed by atoms with Gasteiger partial charge >= 0.3 is 0 Å². The van der Waals surface area contributed by atoms with Gasteiger partial charge in [0.1, 0.15) is 16.1 Å². The highest BCUT2D eigenvalue weighted by Crippen LogP contribution is 2.20. The smallest absolute Gasteiger partial charge is 0.271 e. The van der Waals surface area contributed by atoms with Crippen molar-refractivity contribution in [2.75, 3.05) is 13.3 Å². The molecule has 1 unspecified atom stereocenters. The number of hydrogen-bond acceptors (Lipinski definition) is 5. The van der Waals surface area contributed by atoms with E-state index in [1.54, 1.807) is 24.6 Å². The summed E-state index contributed by atoms with van der Waals surface area (Å²) < 4.78 is 0.816. The Bertz CT molecular complexity index is 628. The number of carbonyl (C=O) groups is 2. The third-order valence-electron chi connectivity index (χ3n) is 2.81. The van der Waals surface area contributed by atoms with Crippen LogP contribution in [0.5, 0.6) is 0 Å². The van der Waals surface area contributed by atoms with Gasteiger partial charge in [0.05, 0.1) is 0 Å². The van der Waals surface area contributed by atoms with Gasteiger partial charge in [-0.25, -0.2) is 4.98 Å². The Labute approximate surface area is 131 Å². The van der Waals surface area contributed by atoms with E-state index in [1.807, 2.05) is 24.5 Å². The number of amides is 2. The van der Waals surface area contributed by atoms with Gasteiger partial charge < -0.3 is 10.6 Å². The summed E-state index contributed by atoms with van der Waals surface area (Å²) in [4.78, 5) is 28.4. The zero-order chi connectivity index (χ0) is 15.2. The quantitative estimate of drug-likeness (QED) is 0.827. The summed E-state index contributed by atoms with van der Waals surface area (Å²) in [5, 5.41) is 6.97. The molecule has 7 heteroatoms. The van der Waals surface area contributed by atoms with E-state index in [2.05, 4.69) is 15.6 Å². The zero-order valence-electron chi connectivity index (χ0n) is 11.6. The molecule has 2 N–H and O–H groups in total. The lowest BCUT2D eigenvalue weighted by Gasteiger charge is -2.17. The van der Waals surface area contributed by atoms with Gasteiger partial charge in [-0.2, -0.15) is 0 Å². The van der Waals surface area contributed by atoms with Crippen LogP contribution in [0, 0.1) is 0 Å². The van der Waals surface area contributed by atoms with E-state index in [9.17, 15) is 9.59 Å². The molecule has 1 heterocycles. The highest BCUT2D eigenvalue weighted by molar-refractivity contribution is 8.00. The van der Waals surface area contributed by atoms with Crippen LogP contribution in [0.3, 0.4) is 0 Å². The van der Waals surface area contributed by atoms with E-state index in [4.69, 9.17) is 0 Å². The maximum atomic E-state index is 12.2. The molecule has 0 saturated heterocycles. The van der Waals surface area contributed by atoms with Gasteiger partial charge in [-0.15, -0.1) is 11.3 Å². The van der Waals surface area contributed by atoms with E-state index in [0.717, 1.165) is 9.90 Å². The first-order valence-corrected chi connectivity index (χ1v) is 8.33. The summed E-state index contributed by atoms with van der Waals surface area (Å²) in [6.45, 7) is 0. The van der Waals surface area contributed by atoms with Crippen LogP contribution < -0.4 is 10.6 Å². The topological polar surface area (TPSA) is 71.1 Å². The van der Waals surface area contributed by atoms with Gasteiger partial charge in [0, 0.05) is 12.4 Å². The fraction of sp³-hybridized carbons (Fsp3) is 0.214. The lowest BCUT2D eigenvalue weighted by Crippen LogP contribution is -2.39. The van der Waals surface area contributed by atoms with Gasteiger partial charge in [-0.05, 0) is 11.8 Å². The molecule has 110 valence electrons. The number of aromatic nitrogens is 1. The summed E-state index contributed by atoms with van der Waals surface area (Å²) in [7, 11) is 1.54. The third-order valence-corrected chi connectivity index (χ3v) is 4.67. The molecule has 5 nitrogen and oxygen atoms in total. The molecule has 1 atom stereocenters. The van der Waals surface area contributed by atoms with E-state index in [-0.39, 0.29) is 11.8 Å². The number of benzene rings is 1. The molecule has 0 bridgehead atoms. The average Bonchev–Trinajstić information content (AvgIpc) is 3.01. The number of nitrogens with one attached hydrogen (secondary N) is 2. The molecule has 1 aromatic heterocycles. The Balaban J connectivity index is 2.19. The summed E-state index contributed by atoms with van der Waals surface area (Å²) >= 11 is 2.89. The van der Waals surface area contributed by atoms with Crippen molar-refractivity contribution in [1.82, 2.24) is 15.6 Å². The minimum Gasteiger partial charge on any atom is -0.357 e. The molecule has 1 aromatic carbocycles. The van der Waals surface area contributed by atoms with Crippen molar-refractivity contribution in [3.8, 4) is 0 Å². The van der Waals surface area contributed by atoms with Crippen LogP contribution in [0.25, 0.3) is 0 Å². The molecule has 0 saturated carbocycles. The van der Waals surface area contributed by atoms with Crippen LogP contribution in [0.2, 0.25) is 0 Å². The maximum Gasteiger partial charge on any atom is 0.271 e. The van der Waals surface area contributed by atoms with Gasteiger partial charge in [0.2, 0.25) is 5.91 Å². The first-order chi connectivity index (χ1) is 10.2. The number of hydrogen-bond donors (Lipinski definition) is 2. The molecule has 2 rings (SSSR count). The molecule has 0 aliphatic carbocycles. The first-order valence-electron chi connectivity index (χ1n) is 6.22. The van der Waals surface area contributed by atoms with Crippen LogP contribution in [-0.4, -0.2) is 30.1 Å². The molecular weight excluding hydrogens is 306 g/mol. The summed E-state index contributed by atoms with van der Waals surface area (Å²) in [6, 6.07) is 8.38. The Morgan fingerprint density at radius 3 is 2.57 bits per heavy atom. The molecule has 0 fully saturated rings. The number of thiazole rings is 1. The minimum atomic E-state index is -0.733. The Kier molecular flexibility index (Phi) is 5.35. The largest absolute Gasteiger partial charge is 0.357 e. The minimum absolute atomic E-state index is 0.269. The van der Waals surface area contributed by atoms with Gasteiger partial charge in [0.15, 0.2) is 0 Å². The molecule has 2 aromatic rings. The van der Waals surface area contributed by atoms with Crippen LogP contribution in [-0.2, 0) is 4.79 Å². The van der Waals surface area contributed by atoms with E-state index in [0.29, 0.717) is 5.69 Å². The molecule has 0 aliphatic heterocycles. The monoisotopic (exact) mass is 321 g/mol. The fourth-order valence-corrected chi connectivity index (χ4v) is 2.99. The molecule has 0 aliphatic rings. The molecule has 0 radical (unpaired) electrons. The number of rotatable bonds is 5. The van der Waals surface area contributed by atoms with Crippen molar-refractivity contribution in [3.63, 3.8) is 0 Å². The highest BCUT2D eigenvalue weighted by Gasteiger charge is 2.23. The lowest BCUT2D eigenvalue weighted by molar-refractivity contribution is -0.122. The third kappa shape index (κ3) is 3.83. The van der Waals surface area contributed by atoms with Crippen molar-refractivity contribution in [2.45, 2.75) is 10.4 Å². The van der Waals surface area contributed by atoms with Crippen molar-refractivity contribution < 1.29 is 9.59 Å². The van der Waals surface area contributed by atoms with Crippen molar-refractivity contribution in [1.29, 1.82) is 0 Å². The maximum absolute atomic E-state index is 12.2. The van der Waals surface area contributed by atoms with Crippen LogP contribution in [0.15, 0.2) is 40.1 Å². The van der Waals surface area contributed by atoms with Crippen molar-refractivity contribution >= 4 is 34.9 Å². The lowest BCUT2D eigenvalue weighted by atomic mass is 10.1. The molecule has 21 heavy (non-hydrogen) atoms. The molecule has 2 amide bonds. The Hall–Kier alpha value is -1.86. The van der Waals surface area contributed by atoms with Gasteiger partial charge in [-0.3, -0.25) is 9.59 Å². The fourth-order valence-electron chi connectivity index (χ4n) is 1.75. The summed E-state index contributed by atoms with van der Waals surface area (Å²) in [5.41, 5.74) is 1.06. The zero-order valence-corrected chi connectivity index (χ0v) is 13.3. The normalized spacial score (nSPS) is 11.7. The van der Waals surface area contributed by atoms with E-state index < -0.39 is 6.04 Å². The van der Waals surface area contributed by atoms with E-state index in [1.165, 1.54) is 23.1 Å². The van der Waals surface area contributed by atoms with Crippen LogP contribution >= 0.6 is 23.1 Å². The second-order valence-electron chi connectivity index (χ2n) is 4.13. The standard InChI is InChI=1S/C14H15N3O2S2/c1-15-13(19)11(9-6-4-3-5-7-9)17-12(18)10-8-21-14(16-10)20-2/h3-8,11H,1-2H3,(H,15,19)(H,17,18). The summed E-state index contributed by atoms with van der Waals surface area (Å²) in [6.07, 6.45) is 1.90. The predicted molar refractivity (Wildman–Crippen MR) is 84.6 cm³/mol. The number of thioether (sulfide) groups is 1. The first kappa shape index (κ1) is 15.5. The average molecular weight is 321 g/mol. The number of likely N-dealkylation sites (N-methyl/N-ethyl adjacent to an activating group) is 1. The summed E-state index contributed by atoms with van der Waals surface area (Å²) in [5.74, 6) is -0.626. The van der Waals surface area contributed by atoms with Crippen molar-refractivity contribution in [3.05, 3.63) is 47.0 Å². The number of nitrogens with zero attached hydrogens (tertiary/aromatic N) is 1. The molecule has 0 spiro atoms. The van der Waals surface area contributed by atoms with E-state index >= 15 is 0 Å². The predicted octanol–water partition coefficient (Wildman–Crippen LogP) is 2.08. The number of carbonyl (C=O) groups excluding carboxylic acids is 2. The van der Waals surface area contributed by atoms with Gasteiger partial charge in [0.25, 0.3) is 5.91 Å². The highest BCUT2D eigenvalue weighted by atomic mass is 32.2. The molecular formula is C14H15N3O2S2. The van der Waals surface area contributed by atoms with Crippen LogP contribution in [0.4, 0.5) is 0 Å².